The van der Waals surface area contributed by atoms with Gasteiger partial charge in [-0.15, -0.1) is 0 Å². The highest BCUT2D eigenvalue weighted by molar-refractivity contribution is 6.30. The van der Waals surface area contributed by atoms with E-state index in [-0.39, 0.29) is 16.3 Å². The molecular weight excluding hydrogens is 349 g/mol. The van der Waals surface area contributed by atoms with Crippen LogP contribution in [0.5, 0.6) is 0 Å². The second-order valence-electron chi connectivity index (χ2n) is 5.07. The zero-order chi connectivity index (χ0) is 18.0. The number of anilines is 1. The summed E-state index contributed by atoms with van der Waals surface area (Å²) in [6.07, 6.45) is 1.02. The highest BCUT2D eigenvalue weighted by Gasteiger charge is 2.16. The van der Waals surface area contributed by atoms with Gasteiger partial charge in [-0.2, -0.15) is 0 Å². The lowest BCUT2D eigenvalue weighted by molar-refractivity contribution is 0.102. The van der Waals surface area contributed by atoms with Gasteiger partial charge in [-0.05, 0) is 30.3 Å². The van der Waals surface area contributed by atoms with E-state index in [0.29, 0.717) is 5.69 Å². The van der Waals surface area contributed by atoms with Crippen molar-refractivity contribution >= 4 is 23.2 Å². The summed E-state index contributed by atoms with van der Waals surface area (Å²) in [5.74, 6) is -1.49. The van der Waals surface area contributed by atoms with Crippen molar-refractivity contribution in [1.29, 1.82) is 0 Å². The molecule has 126 valence electrons. The minimum absolute atomic E-state index is 0.0894. The molecule has 0 aliphatic heterocycles. The number of nitrogens with zero attached hydrogens (tertiary/aromatic N) is 1. The summed E-state index contributed by atoms with van der Waals surface area (Å²) >= 11 is 5.58. The molecule has 0 aliphatic rings. The van der Waals surface area contributed by atoms with E-state index in [1.807, 2.05) is 0 Å². The zero-order valence-corrected chi connectivity index (χ0v) is 13.4. The largest absolute Gasteiger partial charge is 0.333 e. The van der Waals surface area contributed by atoms with Crippen molar-refractivity contribution in [1.82, 2.24) is 9.55 Å². The first-order chi connectivity index (χ1) is 12.0. The van der Waals surface area contributed by atoms with Crippen LogP contribution in [0.15, 0.2) is 64.3 Å². The van der Waals surface area contributed by atoms with Crippen molar-refractivity contribution in [2.75, 3.05) is 5.32 Å². The third kappa shape index (κ3) is 3.36. The number of H-pyrrole nitrogens is 1. The van der Waals surface area contributed by atoms with E-state index < -0.39 is 23.0 Å². The number of hydrogen-bond acceptors (Lipinski definition) is 3. The monoisotopic (exact) mass is 359 g/mol. The molecule has 1 amide bonds. The summed E-state index contributed by atoms with van der Waals surface area (Å²) in [4.78, 5) is 39.2. The van der Waals surface area contributed by atoms with E-state index in [1.54, 1.807) is 30.3 Å². The number of aromatic nitrogens is 2. The van der Waals surface area contributed by atoms with Gasteiger partial charge in [0.1, 0.15) is 11.4 Å². The number of halogens is 2. The predicted octanol–water partition coefficient (Wildman–Crippen LogP) is 2.57. The summed E-state index contributed by atoms with van der Waals surface area (Å²) in [5, 5.41) is 2.30. The first-order valence-corrected chi connectivity index (χ1v) is 7.52. The Morgan fingerprint density at radius 2 is 1.84 bits per heavy atom. The maximum Gasteiger partial charge on any atom is 0.333 e. The third-order valence-electron chi connectivity index (χ3n) is 3.41. The number of carbonyl (C=O) groups is 1. The molecule has 1 heterocycles. The van der Waals surface area contributed by atoms with Gasteiger partial charge in [-0.25, -0.2) is 13.8 Å². The minimum atomic E-state index is -0.790. The molecule has 0 saturated carbocycles. The molecule has 1 aromatic heterocycles. The van der Waals surface area contributed by atoms with Crippen LogP contribution >= 0.6 is 11.6 Å². The van der Waals surface area contributed by atoms with E-state index in [4.69, 9.17) is 11.6 Å². The first kappa shape index (κ1) is 16.7. The lowest BCUT2D eigenvalue weighted by Gasteiger charge is -2.08. The van der Waals surface area contributed by atoms with Gasteiger partial charge in [0, 0.05) is 11.9 Å². The SMILES string of the molecule is O=C(Nc1ccc(Cl)c(F)c1)c1c[nH]c(=O)n(-c2ccccc2)c1=O. The summed E-state index contributed by atoms with van der Waals surface area (Å²) in [7, 11) is 0. The number of carbonyl (C=O) groups excluding carboxylic acids is 1. The molecule has 0 bridgehead atoms. The Morgan fingerprint density at radius 1 is 1.12 bits per heavy atom. The fourth-order valence-corrected chi connectivity index (χ4v) is 2.34. The highest BCUT2D eigenvalue weighted by atomic mass is 35.5. The van der Waals surface area contributed by atoms with Crippen LogP contribution in [0.3, 0.4) is 0 Å². The van der Waals surface area contributed by atoms with Crippen LogP contribution in [0.2, 0.25) is 5.02 Å². The second-order valence-corrected chi connectivity index (χ2v) is 5.47. The van der Waals surface area contributed by atoms with E-state index >= 15 is 0 Å². The predicted molar refractivity (Wildman–Crippen MR) is 92.0 cm³/mol. The van der Waals surface area contributed by atoms with Gasteiger partial charge in [0.15, 0.2) is 0 Å². The van der Waals surface area contributed by atoms with Gasteiger partial charge in [0.25, 0.3) is 11.5 Å². The van der Waals surface area contributed by atoms with E-state index in [9.17, 15) is 18.8 Å². The van der Waals surface area contributed by atoms with Crippen LogP contribution in [0.4, 0.5) is 10.1 Å². The maximum absolute atomic E-state index is 13.5. The molecule has 0 radical (unpaired) electrons. The van der Waals surface area contributed by atoms with Gasteiger partial charge < -0.3 is 10.3 Å². The molecule has 0 atom stereocenters. The lowest BCUT2D eigenvalue weighted by atomic mass is 10.2. The second kappa shape index (κ2) is 6.74. The Kier molecular flexibility index (Phi) is 4.49. The summed E-state index contributed by atoms with van der Waals surface area (Å²) in [5.41, 5.74) is -1.31. The normalized spacial score (nSPS) is 10.5. The van der Waals surface area contributed by atoms with Crippen LogP contribution in [0.25, 0.3) is 5.69 Å². The van der Waals surface area contributed by atoms with Crippen LogP contribution in [-0.4, -0.2) is 15.5 Å². The molecule has 0 spiro atoms. The standard InChI is InChI=1S/C17H11ClFN3O3/c18-13-7-6-10(8-14(13)19)21-15(23)12-9-20-17(25)22(16(12)24)11-4-2-1-3-5-11/h1-9H,(H,20,25)(H,21,23). The van der Waals surface area contributed by atoms with Crippen LogP contribution in [-0.2, 0) is 0 Å². The van der Waals surface area contributed by atoms with Crippen molar-refractivity contribution in [2.45, 2.75) is 0 Å². The fraction of sp³-hybridized carbons (Fsp3) is 0. The van der Waals surface area contributed by atoms with E-state index in [1.165, 1.54) is 12.1 Å². The van der Waals surface area contributed by atoms with Crippen molar-refractivity contribution in [2.24, 2.45) is 0 Å². The topological polar surface area (TPSA) is 84.0 Å². The highest BCUT2D eigenvalue weighted by Crippen LogP contribution is 2.18. The van der Waals surface area contributed by atoms with Crippen LogP contribution in [0, 0.1) is 5.82 Å². The molecule has 6 nitrogen and oxygen atoms in total. The Hall–Kier alpha value is -3.19. The zero-order valence-electron chi connectivity index (χ0n) is 12.6. The van der Waals surface area contributed by atoms with Crippen molar-refractivity contribution in [3.63, 3.8) is 0 Å². The maximum atomic E-state index is 13.5. The molecule has 3 rings (SSSR count). The Bertz CT molecular complexity index is 1060. The molecule has 2 aromatic carbocycles. The van der Waals surface area contributed by atoms with Crippen molar-refractivity contribution < 1.29 is 9.18 Å². The van der Waals surface area contributed by atoms with Crippen molar-refractivity contribution in [3.8, 4) is 5.69 Å². The number of rotatable bonds is 3. The van der Waals surface area contributed by atoms with E-state index in [2.05, 4.69) is 10.3 Å². The quantitative estimate of drug-likeness (QED) is 0.753. The summed E-state index contributed by atoms with van der Waals surface area (Å²) in [6.45, 7) is 0. The van der Waals surface area contributed by atoms with Crippen LogP contribution in [0.1, 0.15) is 10.4 Å². The molecule has 25 heavy (non-hydrogen) atoms. The molecule has 0 saturated heterocycles. The molecule has 2 N–H and O–H groups in total. The number of amides is 1. The Balaban J connectivity index is 2.00. The third-order valence-corrected chi connectivity index (χ3v) is 3.72. The Morgan fingerprint density at radius 3 is 2.52 bits per heavy atom. The van der Waals surface area contributed by atoms with E-state index in [0.717, 1.165) is 16.8 Å². The molecule has 0 unspecified atom stereocenters. The molecule has 0 fully saturated rings. The first-order valence-electron chi connectivity index (χ1n) is 7.14. The van der Waals surface area contributed by atoms with Crippen molar-refractivity contribution in [3.05, 3.63) is 92.0 Å². The Labute approximate surface area is 145 Å². The number of nitrogens with one attached hydrogen (secondary N) is 2. The van der Waals surface area contributed by atoms with Gasteiger partial charge in [0.2, 0.25) is 0 Å². The fourth-order valence-electron chi connectivity index (χ4n) is 2.22. The van der Waals surface area contributed by atoms with Gasteiger partial charge in [0.05, 0.1) is 10.7 Å². The molecular formula is C17H11ClFN3O3. The minimum Gasteiger partial charge on any atom is -0.322 e. The van der Waals surface area contributed by atoms with Gasteiger partial charge >= 0.3 is 5.69 Å². The van der Waals surface area contributed by atoms with Crippen LogP contribution < -0.4 is 16.6 Å². The average molecular weight is 360 g/mol. The number of benzene rings is 2. The summed E-state index contributed by atoms with van der Waals surface area (Å²) < 4.78 is 14.3. The molecule has 8 heteroatoms. The van der Waals surface area contributed by atoms with Gasteiger partial charge in [-0.1, -0.05) is 29.8 Å². The summed E-state index contributed by atoms with van der Waals surface area (Å²) in [6, 6.07) is 11.9. The lowest BCUT2D eigenvalue weighted by Crippen LogP contribution is -2.38. The molecule has 3 aromatic rings. The number of para-hydroxylation sites is 1. The van der Waals surface area contributed by atoms with Gasteiger partial charge in [-0.3, -0.25) is 9.59 Å². The smallest absolute Gasteiger partial charge is 0.322 e. The average Bonchev–Trinajstić information content (AvgIpc) is 2.59. The number of hydrogen-bond donors (Lipinski definition) is 2. The molecule has 0 aliphatic carbocycles. The number of aromatic amines is 1.